The van der Waals surface area contributed by atoms with Gasteiger partial charge in [0, 0.05) is 6.04 Å². The lowest BCUT2D eigenvalue weighted by molar-refractivity contribution is 0.210. The predicted molar refractivity (Wildman–Crippen MR) is 77.5 cm³/mol. The van der Waals surface area contributed by atoms with E-state index in [9.17, 15) is 0 Å². The monoisotopic (exact) mass is 239 g/mol. The molecule has 1 aliphatic heterocycles. The maximum atomic E-state index is 2.78. The molecule has 102 valence electrons. The first kappa shape index (κ1) is 15.0. The molecular formula is C16H33N. The van der Waals surface area contributed by atoms with Crippen molar-refractivity contribution in [3.05, 3.63) is 0 Å². The molecule has 17 heavy (non-hydrogen) atoms. The van der Waals surface area contributed by atoms with Gasteiger partial charge < -0.3 is 4.90 Å². The van der Waals surface area contributed by atoms with Gasteiger partial charge in [-0.15, -0.1) is 0 Å². The first-order chi connectivity index (χ1) is 8.38. The SMILES string of the molecule is CCCCCCC(CCCCC)N1CCCC1. The fourth-order valence-corrected chi connectivity index (χ4v) is 3.05. The van der Waals surface area contributed by atoms with Gasteiger partial charge >= 0.3 is 0 Å². The summed E-state index contributed by atoms with van der Waals surface area (Å²) in [7, 11) is 0. The Balaban J connectivity index is 2.20. The van der Waals surface area contributed by atoms with Crippen molar-refractivity contribution in [1.29, 1.82) is 0 Å². The second-order valence-electron chi connectivity index (χ2n) is 5.74. The number of hydrogen-bond acceptors (Lipinski definition) is 1. The lowest BCUT2D eigenvalue weighted by Crippen LogP contribution is -2.32. The molecule has 0 radical (unpaired) electrons. The summed E-state index contributed by atoms with van der Waals surface area (Å²) in [5, 5.41) is 0. The minimum atomic E-state index is 0.918. The Labute approximate surface area is 109 Å². The van der Waals surface area contributed by atoms with E-state index in [-0.39, 0.29) is 0 Å². The van der Waals surface area contributed by atoms with Crippen molar-refractivity contribution in [3.8, 4) is 0 Å². The molecule has 0 aromatic carbocycles. The number of rotatable bonds is 10. The van der Waals surface area contributed by atoms with Gasteiger partial charge in [0.05, 0.1) is 0 Å². The summed E-state index contributed by atoms with van der Waals surface area (Å²) in [5.41, 5.74) is 0. The Bertz CT molecular complexity index is 161. The maximum absolute atomic E-state index is 2.78. The van der Waals surface area contributed by atoms with E-state index in [1.54, 1.807) is 0 Å². The fourth-order valence-electron chi connectivity index (χ4n) is 3.05. The normalized spacial score (nSPS) is 18.7. The van der Waals surface area contributed by atoms with Crippen molar-refractivity contribution in [1.82, 2.24) is 4.90 Å². The molecule has 0 bridgehead atoms. The molecule has 1 saturated heterocycles. The quantitative estimate of drug-likeness (QED) is 0.485. The van der Waals surface area contributed by atoms with Crippen LogP contribution in [0, 0.1) is 0 Å². The largest absolute Gasteiger partial charge is 0.300 e. The van der Waals surface area contributed by atoms with Gasteiger partial charge in [-0.2, -0.15) is 0 Å². The second kappa shape index (κ2) is 9.94. The molecule has 1 rings (SSSR count). The molecule has 0 saturated carbocycles. The van der Waals surface area contributed by atoms with Crippen LogP contribution in [0.25, 0.3) is 0 Å². The van der Waals surface area contributed by atoms with E-state index in [1.807, 2.05) is 0 Å². The van der Waals surface area contributed by atoms with Gasteiger partial charge in [0.2, 0.25) is 0 Å². The van der Waals surface area contributed by atoms with Gasteiger partial charge in [-0.25, -0.2) is 0 Å². The number of nitrogens with zero attached hydrogens (tertiary/aromatic N) is 1. The van der Waals surface area contributed by atoms with E-state index in [0.29, 0.717) is 0 Å². The zero-order valence-corrected chi connectivity index (χ0v) is 12.2. The van der Waals surface area contributed by atoms with Crippen molar-refractivity contribution in [2.75, 3.05) is 13.1 Å². The predicted octanol–water partition coefficient (Wildman–Crippen LogP) is 5.00. The van der Waals surface area contributed by atoms with Crippen LogP contribution in [0.1, 0.15) is 84.5 Å². The lowest BCUT2D eigenvalue weighted by atomic mass is 10.0. The van der Waals surface area contributed by atoms with Crippen LogP contribution in [0.5, 0.6) is 0 Å². The first-order valence-electron chi connectivity index (χ1n) is 8.12. The Kier molecular flexibility index (Phi) is 8.78. The molecule has 0 amide bonds. The standard InChI is InChI=1S/C16H33N/c1-3-5-7-9-13-16(12-8-6-4-2)17-14-10-11-15-17/h16H,3-15H2,1-2H3. The van der Waals surface area contributed by atoms with E-state index in [2.05, 4.69) is 18.7 Å². The summed E-state index contributed by atoms with van der Waals surface area (Å²) in [6, 6.07) is 0.918. The molecule has 1 aliphatic rings. The molecule has 1 heteroatoms. The molecule has 1 heterocycles. The maximum Gasteiger partial charge on any atom is 0.00952 e. The molecule has 0 N–H and O–H groups in total. The molecule has 0 aliphatic carbocycles. The summed E-state index contributed by atoms with van der Waals surface area (Å²) < 4.78 is 0. The summed E-state index contributed by atoms with van der Waals surface area (Å²) in [6.45, 7) is 7.38. The molecule has 1 unspecified atom stereocenters. The van der Waals surface area contributed by atoms with Gasteiger partial charge in [-0.3, -0.25) is 0 Å². The third-order valence-electron chi connectivity index (χ3n) is 4.19. The average molecular weight is 239 g/mol. The van der Waals surface area contributed by atoms with E-state index < -0.39 is 0 Å². The van der Waals surface area contributed by atoms with Crippen LogP contribution < -0.4 is 0 Å². The molecule has 1 nitrogen and oxygen atoms in total. The summed E-state index contributed by atoms with van der Waals surface area (Å²) >= 11 is 0. The first-order valence-corrected chi connectivity index (χ1v) is 8.12. The van der Waals surface area contributed by atoms with Crippen LogP contribution >= 0.6 is 0 Å². The Morgan fingerprint density at radius 2 is 1.29 bits per heavy atom. The lowest BCUT2D eigenvalue weighted by Gasteiger charge is -2.27. The van der Waals surface area contributed by atoms with Crippen LogP contribution in [0.15, 0.2) is 0 Å². The molecule has 1 fully saturated rings. The molecular weight excluding hydrogens is 206 g/mol. The summed E-state index contributed by atoms with van der Waals surface area (Å²) in [4.78, 5) is 2.78. The van der Waals surface area contributed by atoms with Crippen molar-refractivity contribution in [3.63, 3.8) is 0 Å². The van der Waals surface area contributed by atoms with Gasteiger partial charge in [0.1, 0.15) is 0 Å². The zero-order valence-electron chi connectivity index (χ0n) is 12.2. The zero-order chi connectivity index (χ0) is 12.3. The third-order valence-corrected chi connectivity index (χ3v) is 4.19. The van der Waals surface area contributed by atoms with Gasteiger partial charge in [0.25, 0.3) is 0 Å². The van der Waals surface area contributed by atoms with Crippen molar-refractivity contribution in [2.24, 2.45) is 0 Å². The topological polar surface area (TPSA) is 3.24 Å². The van der Waals surface area contributed by atoms with Gasteiger partial charge in [0.15, 0.2) is 0 Å². The van der Waals surface area contributed by atoms with Crippen molar-refractivity contribution < 1.29 is 0 Å². The average Bonchev–Trinajstić information content (AvgIpc) is 2.86. The Morgan fingerprint density at radius 1 is 0.765 bits per heavy atom. The highest BCUT2D eigenvalue weighted by Gasteiger charge is 2.20. The smallest absolute Gasteiger partial charge is 0.00952 e. The van der Waals surface area contributed by atoms with Crippen LogP contribution in [-0.4, -0.2) is 24.0 Å². The molecule has 0 spiro atoms. The van der Waals surface area contributed by atoms with E-state index >= 15 is 0 Å². The second-order valence-corrected chi connectivity index (χ2v) is 5.74. The fraction of sp³-hybridized carbons (Fsp3) is 1.00. The number of likely N-dealkylation sites (tertiary alicyclic amines) is 1. The van der Waals surface area contributed by atoms with E-state index in [1.165, 1.54) is 83.7 Å². The number of unbranched alkanes of at least 4 members (excludes halogenated alkanes) is 5. The highest BCUT2D eigenvalue weighted by Crippen LogP contribution is 2.21. The molecule has 1 atom stereocenters. The van der Waals surface area contributed by atoms with Crippen LogP contribution in [0.2, 0.25) is 0 Å². The summed E-state index contributed by atoms with van der Waals surface area (Å²) in [5.74, 6) is 0. The van der Waals surface area contributed by atoms with Gasteiger partial charge in [-0.1, -0.05) is 58.8 Å². The van der Waals surface area contributed by atoms with Crippen LogP contribution in [-0.2, 0) is 0 Å². The molecule has 0 aromatic heterocycles. The van der Waals surface area contributed by atoms with Crippen LogP contribution in [0.3, 0.4) is 0 Å². The highest BCUT2D eigenvalue weighted by atomic mass is 15.2. The minimum Gasteiger partial charge on any atom is -0.300 e. The Morgan fingerprint density at radius 3 is 1.88 bits per heavy atom. The van der Waals surface area contributed by atoms with E-state index in [0.717, 1.165) is 6.04 Å². The van der Waals surface area contributed by atoms with Crippen molar-refractivity contribution in [2.45, 2.75) is 90.5 Å². The van der Waals surface area contributed by atoms with Crippen LogP contribution in [0.4, 0.5) is 0 Å². The van der Waals surface area contributed by atoms with Crippen molar-refractivity contribution >= 4 is 0 Å². The third kappa shape index (κ3) is 6.45. The molecule has 0 aromatic rings. The minimum absolute atomic E-state index is 0.918. The number of hydrogen-bond donors (Lipinski definition) is 0. The Hall–Kier alpha value is -0.0400. The highest BCUT2D eigenvalue weighted by molar-refractivity contribution is 4.76. The summed E-state index contributed by atoms with van der Waals surface area (Å²) in [6.07, 6.45) is 15.8. The van der Waals surface area contributed by atoms with Gasteiger partial charge in [-0.05, 0) is 38.8 Å². The van der Waals surface area contributed by atoms with E-state index in [4.69, 9.17) is 0 Å².